The molecule has 0 saturated heterocycles. The van der Waals surface area contributed by atoms with Crippen molar-refractivity contribution in [1.29, 1.82) is 0 Å². The number of carbonyl (C=O) groups excluding carboxylic acids is 1. The third-order valence-corrected chi connectivity index (χ3v) is 3.68. The van der Waals surface area contributed by atoms with Crippen LogP contribution in [0.3, 0.4) is 0 Å². The molecule has 1 amide bonds. The highest BCUT2D eigenvalue weighted by Gasteiger charge is 2.13. The Kier molecular flexibility index (Phi) is 7.16. The predicted octanol–water partition coefficient (Wildman–Crippen LogP) is 2.97. The molecule has 1 aromatic rings. The highest BCUT2D eigenvalue weighted by Crippen LogP contribution is 2.24. The van der Waals surface area contributed by atoms with Crippen molar-refractivity contribution in [1.82, 2.24) is 5.32 Å². The van der Waals surface area contributed by atoms with E-state index < -0.39 is 0 Å². The third kappa shape index (κ3) is 5.76. The van der Waals surface area contributed by atoms with Crippen LogP contribution in [0.2, 0.25) is 5.02 Å². The van der Waals surface area contributed by atoms with Gasteiger partial charge in [0.15, 0.2) is 0 Å². The molecule has 0 saturated carbocycles. The molecule has 1 N–H and O–H groups in total. The SMILES string of the molecule is COCCCNC(=O)[C@@H](C)Sc1ccc(Cl)cc1. The predicted molar refractivity (Wildman–Crippen MR) is 76.3 cm³/mol. The molecule has 0 fully saturated rings. The van der Waals surface area contributed by atoms with Crippen LogP contribution >= 0.6 is 23.4 Å². The second kappa shape index (κ2) is 8.40. The zero-order chi connectivity index (χ0) is 13.4. The number of hydrogen-bond acceptors (Lipinski definition) is 3. The van der Waals surface area contributed by atoms with Crippen molar-refractivity contribution < 1.29 is 9.53 Å². The number of methoxy groups -OCH3 is 1. The minimum atomic E-state index is -0.117. The smallest absolute Gasteiger partial charge is 0.233 e. The Labute approximate surface area is 117 Å². The summed E-state index contributed by atoms with van der Waals surface area (Å²) in [7, 11) is 1.65. The van der Waals surface area contributed by atoms with Gasteiger partial charge in [0.25, 0.3) is 0 Å². The molecule has 0 aliphatic carbocycles. The van der Waals surface area contributed by atoms with Crippen molar-refractivity contribution in [2.24, 2.45) is 0 Å². The van der Waals surface area contributed by atoms with E-state index in [0.29, 0.717) is 18.2 Å². The van der Waals surface area contributed by atoms with E-state index >= 15 is 0 Å². The summed E-state index contributed by atoms with van der Waals surface area (Å²) >= 11 is 7.33. The maximum absolute atomic E-state index is 11.8. The molecule has 0 bridgehead atoms. The van der Waals surface area contributed by atoms with Crippen LogP contribution in [0.1, 0.15) is 13.3 Å². The van der Waals surface area contributed by atoms with Gasteiger partial charge in [-0.05, 0) is 37.6 Å². The van der Waals surface area contributed by atoms with Crippen molar-refractivity contribution in [3.05, 3.63) is 29.3 Å². The molecule has 3 nitrogen and oxygen atoms in total. The lowest BCUT2D eigenvalue weighted by Gasteiger charge is -2.11. The Balaban J connectivity index is 2.33. The molecule has 1 rings (SSSR count). The van der Waals surface area contributed by atoms with Crippen molar-refractivity contribution in [2.45, 2.75) is 23.5 Å². The molecule has 0 radical (unpaired) electrons. The number of rotatable bonds is 7. The van der Waals surface area contributed by atoms with E-state index in [0.717, 1.165) is 11.3 Å². The van der Waals surface area contributed by atoms with Crippen LogP contribution < -0.4 is 5.32 Å². The van der Waals surface area contributed by atoms with Gasteiger partial charge in [-0.25, -0.2) is 0 Å². The summed E-state index contributed by atoms with van der Waals surface area (Å²) in [5.41, 5.74) is 0. The molecule has 0 aromatic heterocycles. The number of amides is 1. The lowest BCUT2D eigenvalue weighted by atomic mass is 10.4. The number of halogens is 1. The molecule has 100 valence electrons. The fourth-order valence-corrected chi connectivity index (χ4v) is 2.36. The molecular weight excluding hydrogens is 270 g/mol. The number of nitrogens with one attached hydrogen (secondary N) is 1. The summed E-state index contributed by atoms with van der Waals surface area (Å²) in [5.74, 6) is 0.0473. The molecular formula is C13H18ClNO2S. The first kappa shape index (κ1) is 15.3. The van der Waals surface area contributed by atoms with Crippen LogP contribution in [-0.4, -0.2) is 31.4 Å². The van der Waals surface area contributed by atoms with Crippen molar-refractivity contribution in [3.63, 3.8) is 0 Å². The molecule has 0 heterocycles. The van der Waals surface area contributed by atoms with Gasteiger partial charge in [0, 0.05) is 30.2 Å². The lowest BCUT2D eigenvalue weighted by Crippen LogP contribution is -2.32. The van der Waals surface area contributed by atoms with Crippen molar-refractivity contribution in [3.8, 4) is 0 Å². The molecule has 1 atom stereocenters. The number of hydrogen-bond donors (Lipinski definition) is 1. The van der Waals surface area contributed by atoms with Crippen LogP contribution in [0.25, 0.3) is 0 Å². The van der Waals surface area contributed by atoms with Gasteiger partial charge in [-0.3, -0.25) is 4.79 Å². The van der Waals surface area contributed by atoms with Crippen molar-refractivity contribution >= 4 is 29.3 Å². The summed E-state index contributed by atoms with van der Waals surface area (Å²) in [6, 6.07) is 7.49. The maximum Gasteiger partial charge on any atom is 0.233 e. The quantitative estimate of drug-likeness (QED) is 0.619. The van der Waals surface area contributed by atoms with Crippen LogP contribution in [0.15, 0.2) is 29.2 Å². The number of carbonyl (C=O) groups is 1. The molecule has 0 spiro atoms. The van der Waals surface area contributed by atoms with Crippen LogP contribution in [-0.2, 0) is 9.53 Å². The molecule has 18 heavy (non-hydrogen) atoms. The van der Waals surface area contributed by atoms with Crippen LogP contribution in [0.4, 0.5) is 0 Å². The van der Waals surface area contributed by atoms with Gasteiger partial charge in [-0.1, -0.05) is 11.6 Å². The van der Waals surface area contributed by atoms with Crippen LogP contribution in [0, 0.1) is 0 Å². The summed E-state index contributed by atoms with van der Waals surface area (Å²) in [5, 5.41) is 3.47. The van der Waals surface area contributed by atoms with E-state index in [4.69, 9.17) is 16.3 Å². The van der Waals surface area contributed by atoms with E-state index in [2.05, 4.69) is 5.32 Å². The molecule has 5 heteroatoms. The number of benzene rings is 1. The van der Waals surface area contributed by atoms with Gasteiger partial charge in [-0.15, -0.1) is 11.8 Å². The van der Waals surface area contributed by atoms with Gasteiger partial charge in [0.1, 0.15) is 0 Å². The number of thioether (sulfide) groups is 1. The van der Waals surface area contributed by atoms with E-state index in [1.807, 2.05) is 31.2 Å². The monoisotopic (exact) mass is 287 g/mol. The normalized spacial score (nSPS) is 12.2. The molecule has 1 aromatic carbocycles. The second-order valence-electron chi connectivity index (χ2n) is 3.85. The maximum atomic E-state index is 11.8. The largest absolute Gasteiger partial charge is 0.385 e. The van der Waals surface area contributed by atoms with Gasteiger partial charge in [0.05, 0.1) is 5.25 Å². The lowest BCUT2D eigenvalue weighted by molar-refractivity contribution is -0.120. The average Bonchev–Trinajstić information content (AvgIpc) is 2.37. The van der Waals surface area contributed by atoms with E-state index in [-0.39, 0.29) is 11.2 Å². The first-order valence-electron chi connectivity index (χ1n) is 5.82. The Bertz CT molecular complexity index is 370. The molecule has 0 unspecified atom stereocenters. The fraction of sp³-hybridized carbons (Fsp3) is 0.462. The zero-order valence-corrected chi connectivity index (χ0v) is 12.2. The second-order valence-corrected chi connectivity index (χ2v) is 5.70. The first-order valence-corrected chi connectivity index (χ1v) is 7.08. The topological polar surface area (TPSA) is 38.3 Å². The van der Waals surface area contributed by atoms with Crippen molar-refractivity contribution in [2.75, 3.05) is 20.3 Å². The Morgan fingerprint density at radius 3 is 2.72 bits per heavy atom. The summed E-state index contributed by atoms with van der Waals surface area (Å²) in [6.45, 7) is 3.21. The van der Waals surface area contributed by atoms with Crippen LogP contribution in [0.5, 0.6) is 0 Å². The zero-order valence-electron chi connectivity index (χ0n) is 10.6. The minimum Gasteiger partial charge on any atom is -0.385 e. The average molecular weight is 288 g/mol. The standard InChI is InChI=1S/C13H18ClNO2S/c1-10(13(16)15-8-3-9-17-2)18-12-6-4-11(14)5-7-12/h4-7,10H,3,8-9H2,1-2H3,(H,15,16)/t10-/m1/s1. The first-order chi connectivity index (χ1) is 8.63. The Morgan fingerprint density at radius 1 is 1.44 bits per heavy atom. The highest BCUT2D eigenvalue weighted by molar-refractivity contribution is 8.00. The van der Waals surface area contributed by atoms with Gasteiger partial charge in [-0.2, -0.15) is 0 Å². The Hall–Kier alpha value is -0.710. The third-order valence-electron chi connectivity index (χ3n) is 2.32. The van der Waals surface area contributed by atoms with Gasteiger partial charge < -0.3 is 10.1 Å². The summed E-state index contributed by atoms with van der Waals surface area (Å²) in [6.07, 6.45) is 0.834. The Morgan fingerprint density at radius 2 is 2.11 bits per heavy atom. The number of ether oxygens (including phenoxy) is 1. The molecule has 0 aliphatic heterocycles. The van der Waals surface area contributed by atoms with E-state index in [1.54, 1.807) is 7.11 Å². The minimum absolute atomic E-state index is 0.0473. The van der Waals surface area contributed by atoms with Gasteiger partial charge >= 0.3 is 0 Å². The highest BCUT2D eigenvalue weighted by atomic mass is 35.5. The molecule has 0 aliphatic rings. The summed E-state index contributed by atoms with van der Waals surface area (Å²) < 4.78 is 4.92. The van der Waals surface area contributed by atoms with E-state index in [9.17, 15) is 4.79 Å². The van der Waals surface area contributed by atoms with Gasteiger partial charge in [0.2, 0.25) is 5.91 Å². The fourth-order valence-electron chi connectivity index (χ4n) is 1.34. The van der Waals surface area contributed by atoms with E-state index in [1.165, 1.54) is 11.8 Å². The summed E-state index contributed by atoms with van der Waals surface area (Å²) in [4.78, 5) is 12.8.